The van der Waals surface area contributed by atoms with Crippen LogP contribution in [0.15, 0.2) is 24.3 Å². The van der Waals surface area contributed by atoms with E-state index in [1.54, 1.807) is 0 Å². The highest BCUT2D eigenvalue weighted by Gasteiger charge is 2.57. The third-order valence-corrected chi connectivity index (χ3v) is 5.11. The maximum absolute atomic E-state index is 13.3. The minimum Gasteiger partial charge on any atom is -0.347 e. The molecule has 1 aromatic rings. The monoisotopic (exact) mass is 307 g/mol. The van der Waals surface area contributed by atoms with Gasteiger partial charge in [-0.3, -0.25) is 0 Å². The largest absolute Gasteiger partial charge is 0.347 e. The van der Waals surface area contributed by atoms with E-state index in [0.29, 0.717) is 13.2 Å². The third kappa shape index (κ3) is 2.47. The van der Waals surface area contributed by atoms with Gasteiger partial charge < -0.3 is 14.8 Å². The Kier molecular flexibility index (Phi) is 4.04. The Morgan fingerprint density at radius 2 is 1.59 bits per heavy atom. The fourth-order valence-electron chi connectivity index (χ4n) is 3.81. The number of hydrogen-bond donors (Lipinski definition) is 1. The van der Waals surface area contributed by atoms with Gasteiger partial charge in [-0.05, 0) is 37.6 Å². The Balaban J connectivity index is 2.01. The molecule has 1 aliphatic carbocycles. The number of ether oxygens (including phenoxy) is 2. The second-order valence-electron chi connectivity index (χ2n) is 7.36. The van der Waals surface area contributed by atoms with E-state index in [1.807, 2.05) is 19.2 Å². The normalized spacial score (nSPS) is 30.4. The van der Waals surface area contributed by atoms with Gasteiger partial charge in [0.1, 0.15) is 5.82 Å². The standard InChI is InChI=1S/C18H26FNO2/c1-16(2)12-21-18(22-13-16)11-5-4-10-17(18,20-3)14-6-8-15(19)9-7-14/h6-9,20H,4-5,10-13H2,1-3H3/t17-/m0/s1. The number of rotatable bonds is 2. The van der Waals surface area contributed by atoms with Crippen molar-refractivity contribution in [3.05, 3.63) is 35.6 Å². The Morgan fingerprint density at radius 1 is 1.00 bits per heavy atom. The van der Waals surface area contributed by atoms with Crippen molar-refractivity contribution in [1.29, 1.82) is 0 Å². The van der Waals surface area contributed by atoms with Crippen molar-refractivity contribution in [3.63, 3.8) is 0 Å². The molecule has 0 aromatic heterocycles. The van der Waals surface area contributed by atoms with Gasteiger partial charge in [-0.1, -0.05) is 32.4 Å². The van der Waals surface area contributed by atoms with Crippen LogP contribution in [0.25, 0.3) is 0 Å². The zero-order valence-corrected chi connectivity index (χ0v) is 13.7. The van der Waals surface area contributed by atoms with Gasteiger partial charge >= 0.3 is 0 Å². The lowest BCUT2D eigenvalue weighted by Crippen LogP contribution is -2.66. The van der Waals surface area contributed by atoms with Crippen LogP contribution in [0.2, 0.25) is 0 Å². The smallest absolute Gasteiger partial charge is 0.190 e. The molecule has 3 nitrogen and oxygen atoms in total. The lowest BCUT2D eigenvalue weighted by atomic mass is 9.70. The van der Waals surface area contributed by atoms with Gasteiger partial charge in [0.25, 0.3) is 0 Å². The summed E-state index contributed by atoms with van der Waals surface area (Å²) in [5.41, 5.74) is 0.649. The van der Waals surface area contributed by atoms with Crippen LogP contribution in [0.5, 0.6) is 0 Å². The molecule has 1 saturated heterocycles. The summed E-state index contributed by atoms with van der Waals surface area (Å²) >= 11 is 0. The highest BCUT2D eigenvalue weighted by molar-refractivity contribution is 5.29. The van der Waals surface area contributed by atoms with Crippen molar-refractivity contribution in [2.24, 2.45) is 5.41 Å². The van der Waals surface area contributed by atoms with E-state index in [2.05, 4.69) is 19.2 Å². The molecule has 22 heavy (non-hydrogen) atoms. The molecule has 2 fully saturated rings. The molecule has 0 bridgehead atoms. The topological polar surface area (TPSA) is 30.5 Å². The van der Waals surface area contributed by atoms with Crippen molar-refractivity contribution in [1.82, 2.24) is 5.32 Å². The fraction of sp³-hybridized carbons (Fsp3) is 0.667. The van der Waals surface area contributed by atoms with Crippen LogP contribution in [0, 0.1) is 11.2 Å². The van der Waals surface area contributed by atoms with Gasteiger partial charge in [-0.2, -0.15) is 0 Å². The van der Waals surface area contributed by atoms with Crippen molar-refractivity contribution < 1.29 is 13.9 Å². The van der Waals surface area contributed by atoms with Gasteiger partial charge in [0.2, 0.25) is 0 Å². The average molecular weight is 307 g/mol. The molecule has 1 saturated carbocycles. The molecule has 2 aliphatic rings. The SMILES string of the molecule is CN[C@]1(c2ccc(F)cc2)CCCCC12OCC(C)(C)CO2. The molecule has 122 valence electrons. The Bertz CT molecular complexity index is 518. The van der Waals surface area contributed by atoms with Crippen molar-refractivity contribution in [2.45, 2.75) is 50.9 Å². The maximum Gasteiger partial charge on any atom is 0.190 e. The molecular formula is C18H26FNO2. The Morgan fingerprint density at radius 3 is 2.18 bits per heavy atom. The van der Waals surface area contributed by atoms with Crippen LogP contribution < -0.4 is 5.32 Å². The van der Waals surface area contributed by atoms with Crippen LogP contribution in [0.4, 0.5) is 4.39 Å². The predicted octanol–water partition coefficient (Wildman–Crippen LogP) is 3.58. The van der Waals surface area contributed by atoms with Crippen molar-refractivity contribution in [2.75, 3.05) is 20.3 Å². The zero-order valence-electron chi connectivity index (χ0n) is 13.7. The molecule has 1 aromatic carbocycles. The molecule has 1 aliphatic heterocycles. The molecule has 1 N–H and O–H groups in total. The lowest BCUT2D eigenvalue weighted by molar-refractivity contribution is -0.345. The van der Waals surface area contributed by atoms with E-state index in [9.17, 15) is 4.39 Å². The fourth-order valence-corrected chi connectivity index (χ4v) is 3.81. The van der Waals surface area contributed by atoms with Crippen LogP contribution >= 0.6 is 0 Å². The van der Waals surface area contributed by atoms with E-state index < -0.39 is 11.3 Å². The number of benzene rings is 1. The van der Waals surface area contributed by atoms with E-state index in [-0.39, 0.29) is 11.2 Å². The third-order valence-electron chi connectivity index (χ3n) is 5.11. The highest BCUT2D eigenvalue weighted by Crippen LogP contribution is 2.50. The highest BCUT2D eigenvalue weighted by atomic mass is 19.1. The minimum atomic E-state index is -0.659. The summed E-state index contributed by atoms with van der Waals surface area (Å²) < 4.78 is 26.0. The van der Waals surface area contributed by atoms with Gasteiger partial charge in [0.05, 0.1) is 18.8 Å². The minimum absolute atomic E-state index is 0.0327. The second-order valence-corrected chi connectivity index (χ2v) is 7.36. The van der Waals surface area contributed by atoms with Gasteiger partial charge in [0, 0.05) is 11.8 Å². The zero-order chi connectivity index (χ0) is 15.8. The number of hydrogen-bond acceptors (Lipinski definition) is 3. The Labute approximate surface area is 132 Å². The van der Waals surface area contributed by atoms with Crippen LogP contribution in [0.1, 0.15) is 45.1 Å². The van der Waals surface area contributed by atoms with Gasteiger partial charge in [-0.25, -0.2) is 4.39 Å². The van der Waals surface area contributed by atoms with Crippen LogP contribution in [-0.2, 0) is 15.0 Å². The number of halogens is 1. The Hall–Kier alpha value is -0.970. The number of likely N-dealkylation sites (N-methyl/N-ethyl adjacent to an activating group) is 1. The van der Waals surface area contributed by atoms with Gasteiger partial charge in [-0.15, -0.1) is 0 Å². The van der Waals surface area contributed by atoms with E-state index >= 15 is 0 Å². The second kappa shape index (κ2) is 5.59. The first-order chi connectivity index (χ1) is 10.4. The summed E-state index contributed by atoms with van der Waals surface area (Å²) in [6.45, 7) is 5.67. The quantitative estimate of drug-likeness (QED) is 0.906. The van der Waals surface area contributed by atoms with Crippen LogP contribution in [-0.4, -0.2) is 26.0 Å². The molecule has 1 heterocycles. The van der Waals surface area contributed by atoms with Crippen molar-refractivity contribution >= 4 is 0 Å². The summed E-state index contributed by atoms with van der Waals surface area (Å²) in [4.78, 5) is 0. The maximum atomic E-state index is 13.3. The predicted molar refractivity (Wildman–Crippen MR) is 84.0 cm³/mol. The molecule has 0 amide bonds. The first-order valence-electron chi connectivity index (χ1n) is 8.16. The average Bonchev–Trinajstić information content (AvgIpc) is 2.52. The number of nitrogens with one attached hydrogen (secondary N) is 1. The summed E-state index contributed by atoms with van der Waals surface area (Å²) in [6, 6.07) is 6.74. The van der Waals surface area contributed by atoms with E-state index in [0.717, 1.165) is 31.2 Å². The molecule has 3 rings (SSSR count). The summed E-state index contributed by atoms with van der Waals surface area (Å²) in [5, 5.41) is 3.47. The molecule has 0 unspecified atom stereocenters. The first-order valence-corrected chi connectivity index (χ1v) is 8.16. The summed E-state index contributed by atoms with van der Waals surface area (Å²) in [6.07, 6.45) is 3.98. The summed E-state index contributed by atoms with van der Waals surface area (Å²) in [5.74, 6) is -0.876. The lowest BCUT2D eigenvalue weighted by Gasteiger charge is -2.56. The van der Waals surface area contributed by atoms with Crippen molar-refractivity contribution in [3.8, 4) is 0 Å². The van der Waals surface area contributed by atoms with Crippen LogP contribution in [0.3, 0.4) is 0 Å². The first kappa shape index (κ1) is 15.9. The molecular weight excluding hydrogens is 281 g/mol. The van der Waals surface area contributed by atoms with Gasteiger partial charge in [0.15, 0.2) is 5.79 Å². The molecule has 1 atom stereocenters. The molecule has 0 radical (unpaired) electrons. The van der Waals surface area contributed by atoms with E-state index in [4.69, 9.17) is 9.47 Å². The molecule has 4 heteroatoms. The summed E-state index contributed by atoms with van der Waals surface area (Å²) in [7, 11) is 1.95. The molecule has 1 spiro atoms. The van der Waals surface area contributed by atoms with E-state index in [1.165, 1.54) is 12.1 Å².